The molecule has 0 spiro atoms. The minimum Gasteiger partial charge on any atom is -0.380 e. The normalized spacial score (nSPS) is 30.6. The zero-order valence-corrected chi connectivity index (χ0v) is 14.4. The monoisotopic (exact) mass is 329 g/mol. The third kappa shape index (κ3) is 3.20. The van der Waals surface area contributed by atoms with Gasteiger partial charge in [0, 0.05) is 25.8 Å². The summed E-state index contributed by atoms with van der Waals surface area (Å²) in [4.78, 5) is 19.6. The molecule has 0 aromatic carbocycles. The van der Waals surface area contributed by atoms with Gasteiger partial charge in [-0.05, 0) is 49.7 Å². The van der Waals surface area contributed by atoms with E-state index >= 15 is 0 Å². The number of ether oxygens (including phenoxy) is 1. The molecule has 1 saturated carbocycles. The zero-order valence-electron chi connectivity index (χ0n) is 14.4. The van der Waals surface area contributed by atoms with Crippen molar-refractivity contribution in [2.45, 2.75) is 26.2 Å². The number of aromatic nitrogens is 1. The lowest BCUT2D eigenvalue weighted by molar-refractivity contribution is -0.128. The van der Waals surface area contributed by atoms with Crippen molar-refractivity contribution in [2.75, 3.05) is 38.2 Å². The lowest BCUT2D eigenvalue weighted by Crippen LogP contribution is -2.42. The van der Waals surface area contributed by atoms with Crippen LogP contribution in [0.3, 0.4) is 0 Å². The number of amides is 1. The maximum absolute atomic E-state index is 12.8. The van der Waals surface area contributed by atoms with Gasteiger partial charge in [0.15, 0.2) is 0 Å². The lowest BCUT2D eigenvalue weighted by atomic mass is 9.82. The predicted molar refractivity (Wildman–Crippen MR) is 92.7 cm³/mol. The first-order valence-corrected chi connectivity index (χ1v) is 9.23. The average molecular weight is 329 g/mol. The Balaban J connectivity index is 1.41. The van der Waals surface area contributed by atoms with Crippen LogP contribution in [0.25, 0.3) is 0 Å². The highest BCUT2D eigenvalue weighted by Crippen LogP contribution is 2.37. The maximum Gasteiger partial charge on any atom is 0.230 e. The quantitative estimate of drug-likeness (QED) is 0.921. The molecule has 4 rings (SSSR count). The summed E-state index contributed by atoms with van der Waals surface area (Å²) >= 11 is 0. The highest BCUT2D eigenvalue weighted by atomic mass is 16.5. The summed E-state index contributed by atoms with van der Waals surface area (Å²) in [6.07, 6.45) is 5.91. The topological polar surface area (TPSA) is 54.5 Å². The lowest BCUT2D eigenvalue weighted by Gasteiger charge is -2.32. The molecule has 0 bridgehead atoms. The Bertz CT molecular complexity index is 602. The van der Waals surface area contributed by atoms with Gasteiger partial charge in [0.1, 0.15) is 0 Å². The standard InChI is InChI=1S/C19H27N3O2/c1-13-18(6-3-7-20-13)21-19(23)17-12-24-11-15-9-22(10-16(15)17)8-14-4-2-5-14/h3,6-7,14-17H,2,4-5,8-12H2,1H3,(H,21,23)/t15-,16-,17+/m1/s1. The van der Waals surface area contributed by atoms with Gasteiger partial charge in [-0.2, -0.15) is 0 Å². The molecular weight excluding hydrogens is 302 g/mol. The number of aryl methyl sites for hydroxylation is 1. The Hall–Kier alpha value is -1.46. The Morgan fingerprint density at radius 2 is 2.25 bits per heavy atom. The Kier molecular flexibility index (Phi) is 4.55. The minimum atomic E-state index is -0.0465. The van der Waals surface area contributed by atoms with Crippen LogP contribution in [0.1, 0.15) is 25.0 Å². The van der Waals surface area contributed by atoms with Gasteiger partial charge in [0.25, 0.3) is 0 Å². The smallest absolute Gasteiger partial charge is 0.230 e. The fourth-order valence-corrected chi connectivity index (χ4v) is 4.39. The van der Waals surface area contributed by atoms with Crippen molar-refractivity contribution in [1.82, 2.24) is 9.88 Å². The second-order valence-electron chi connectivity index (χ2n) is 7.71. The SMILES string of the molecule is Cc1ncccc1NC(=O)[C@H]1COC[C@H]2CN(CC3CCC3)C[C@H]21. The van der Waals surface area contributed by atoms with E-state index < -0.39 is 0 Å². The third-order valence-corrected chi connectivity index (χ3v) is 6.06. The second-order valence-corrected chi connectivity index (χ2v) is 7.71. The van der Waals surface area contributed by atoms with Crippen LogP contribution in [-0.2, 0) is 9.53 Å². The number of hydrogen-bond acceptors (Lipinski definition) is 4. The van der Waals surface area contributed by atoms with Crippen molar-refractivity contribution in [3.8, 4) is 0 Å². The molecule has 0 unspecified atom stereocenters. The van der Waals surface area contributed by atoms with E-state index in [4.69, 9.17) is 4.74 Å². The number of anilines is 1. The van der Waals surface area contributed by atoms with Gasteiger partial charge < -0.3 is 15.0 Å². The van der Waals surface area contributed by atoms with E-state index in [9.17, 15) is 4.79 Å². The second kappa shape index (κ2) is 6.81. The molecule has 24 heavy (non-hydrogen) atoms. The van der Waals surface area contributed by atoms with Gasteiger partial charge in [-0.15, -0.1) is 0 Å². The number of hydrogen-bond donors (Lipinski definition) is 1. The molecule has 3 atom stereocenters. The van der Waals surface area contributed by atoms with Crippen molar-refractivity contribution in [1.29, 1.82) is 0 Å². The first-order chi connectivity index (χ1) is 11.7. The molecule has 1 amide bonds. The molecule has 0 radical (unpaired) electrons. The Morgan fingerprint density at radius 3 is 3.00 bits per heavy atom. The fraction of sp³-hybridized carbons (Fsp3) is 0.684. The van der Waals surface area contributed by atoms with Crippen LogP contribution in [0.2, 0.25) is 0 Å². The molecule has 2 saturated heterocycles. The Labute approximate surface area is 143 Å². The van der Waals surface area contributed by atoms with Crippen LogP contribution in [0.4, 0.5) is 5.69 Å². The molecule has 2 aliphatic heterocycles. The Morgan fingerprint density at radius 1 is 1.38 bits per heavy atom. The molecular formula is C19H27N3O2. The van der Waals surface area contributed by atoms with Gasteiger partial charge in [-0.3, -0.25) is 9.78 Å². The molecule has 3 heterocycles. The first kappa shape index (κ1) is 16.0. The summed E-state index contributed by atoms with van der Waals surface area (Å²) in [5, 5.41) is 3.07. The zero-order chi connectivity index (χ0) is 16.5. The van der Waals surface area contributed by atoms with Crippen molar-refractivity contribution < 1.29 is 9.53 Å². The average Bonchev–Trinajstić information content (AvgIpc) is 2.95. The molecule has 3 aliphatic rings. The van der Waals surface area contributed by atoms with Crippen LogP contribution in [-0.4, -0.2) is 48.6 Å². The van der Waals surface area contributed by atoms with Crippen LogP contribution in [0.5, 0.6) is 0 Å². The predicted octanol–water partition coefficient (Wildman–Crippen LogP) is 2.32. The van der Waals surface area contributed by atoms with E-state index in [2.05, 4.69) is 15.2 Å². The van der Waals surface area contributed by atoms with Crippen molar-refractivity contribution in [3.63, 3.8) is 0 Å². The third-order valence-electron chi connectivity index (χ3n) is 6.06. The van der Waals surface area contributed by atoms with Crippen molar-refractivity contribution >= 4 is 11.6 Å². The largest absolute Gasteiger partial charge is 0.380 e. The molecule has 5 nitrogen and oxygen atoms in total. The molecule has 3 fully saturated rings. The molecule has 130 valence electrons. The number of carbonyl (C=O) groups excluding carboxylic acids is 1. The van der Waals surface area contributed by atoms with Crippen LogP contribution >= 0.6 is 0 Å². The van der Waals surface area contributed by atoms with E-state index in [1.54, 1.807) is 6.20 Å². The van der Waals surface area contributed by atoms with E-state index in [-0.39, 0.29) is 11.8 Å². The molecule has 1 aliphatic carbocycles. The van der Waals surface area contributed by atoms with Crippen molar-refractivity contribution in [3.05, 3.63) is 24.0 Å². The summed E-state index contributed by atoms with van der Waals surface area (Å²) in [6.45, 7) is 6.63. The van der Waals surface area contributed by atoms with Gasteiger partial charge in [0.2, 0.25) is 5.91 Å². The highest BCUT2D eigenvalue weighted by Gasteiger charge is 2.44. The van der Waals surface area contributed by atoms with Crippen LogP contribution in [0, 0.1) is 30.6 Å². The summed E-state index contributed by atoms with van der Waals surface area (Å²) in [6, 6.07) is 3.78. The van der Waals surface area contributed by atoms with Crippen LogP contribution in [0.15, 0.2) is 18.3 Å². The molecule has 5 heteroatoms. The van der Waals surface area contributed by atoms with Crippen LogP contribution < -0.4 is 5.32 Å². The minimum absolute atomic E-state index is 0.0465. The van der Waals surface area contributed by atoms with E-state index in [0.29, 0.717) is 18.4 Å². The van der Waals surface area contributed by atoms with E-state index in [1.807, 2.05) is 19.1 Å². The number of pyridine rings is 1. The van der Waals surface area contributed by atoms with E-state index in [1.165, 1.54) is 25.8 Å². The summed E-state index contributed by atoms with van der Waals surface area (Å²) in [5.41, 5.74) is 1.67. The summed E-state index contributed by atoms with van der Waals surface area (Å²) in [5.74, 6) is 1.86. The number of nitrogens with zero attached hydrogens (tertiary/aromatic N) is 2. The number of nitrogens with one attached hydrogen (secondary N) is 1. The fourth-order valence-electron chi connectivity index (χ4n) is 4.39. The summed E-state index contributed by atoms with van der Waals surface area (Å²) < 4.78 is 5.78. The van der Waals surface area contributed by atoms with Gasteiger partial charge in [0.05, 0.1) is 30.5 Å². The number of rotatable bonds is 4. The van der Waals surface area contributed by atoms with Gasteiger partial charge in [-0.25, -0.2) is 0 Å². The number of likely N-dealkylation sites (tertiary alicyclic amines) is 1. The number of fused-ring (bicyclic) bond motifs is 1. The van der Waals surface area contributed by atoms with Gasteiger partial charge >= 0.3 is 0 Å². The van der Waals surface area contributed by atoms with Gasteiger partial charge in [-0.1, -0.05) is 6.42 Å². The number of carbonyl (C=O) groups is 1. The molecule has 1 aromatic heterocycles. The summed E-state index contributed by atoms with van der Waals surface area (Å²) in [7, 11) is 0. The molecule has 1 aromatic rings. The van der Waals surface area contributed by atoms with Crippen molar-refractivity contribution in [2.24, 2.45) is 23.7 Å². The maximum atomic E-state index is 12.8. The molecule has 1 N–H and O–H groups in total. The first-order valence-electron chi connectivity index (χ1n) is 9.23. The van der Waals surface area contributed by atoms with E-state index in [0.717, 1.165) is 37.0 Å². The highest BCUT2D eigenvalue weighted by molar-refractivity contribution is 5.93.